The highest BCUT2D eigenvalue weighted by Crippen LogP contribution is 2.40. The van der Waals surface area contributed by atoms with Gasteiger partial charge < -0.3 is 15.3 Å². The smallest absolute Gasteiger partial charge is 0.0669 e. The molecule has 3 nitrogen and oxygen atoms in total. The molecule has 86 valence electrons. The Morgan fingerprint density at radius 3 is 2.00 bits per heavy atom. The maximum absolute atomic E-state index is 10.0. The fourth-order valence-corrected chi connectivity index (χ4v) is 1.78. The fourth-order valence-electron chi connectivity index (χ4n) is 1.78. The van der Waals surface area contributed by atoms with Crippen molar-refractivity contribution in [1.29, 1.82) is 0 Å². The van der Waals surface area contributed by atoms with Gasteiger partial charge in [0.2, 0.25) is 0 Å². The number of aliphatic hydroxyl groups excluding tert-OH is 2. The molecule has 0 aromatic rings. The average Bonchev–Trinajstić information content (AvgIpc) is 2.10. The van der Waals surface area contributed by atoms with Crippen LogP contribution in [-0.2, 0) is 0 Å². The second-order valence-corrected chi connectivity index (χ2v) is 4.73. The van der Waals surface area contributed by atoms with E-state index in [1.807, 2.05) is 13.8 Å². The van der Waals surface area contributed by atoms with Crippen molar-refractivity contribution in [3.05, 3.63) is 0 Å². The SMILES string of the molecule is CCC(O)C(C)(CCCO)C(C)(C)O. The number of hydrogen-bond donors (Lipinski definition) is 3. The molecule has 0 rings (SSSR count). The molecule has 2 atom stereocenters. The standard InChI is InChI=1S/C11H24O3/c1-5-9(13)11(4,7-6-8-12)10(2,3)14/h9,12-14H,5-8H2,1-4H3. The predicted molar refractivity (Wildman–Crippen MR) is 57.0 cm³/mol. The molecule has 0 bridgehead atoms. The Labute approximate surface area is 86.8 Å². The molecule has 0 aromatic carbocycles. The molecule has 0 heterocycles. The predicted octanol–water partition coefficient (Wildman–Crippen LogP) is 1.31. The Balaban J connectivity index is 4.67. The highest BCUT2D eigenvalue weighted by Gasteiger charge is 2.43. The van der Waals surface area contributed by atoms with E-state index in [1.165, 1.54) is 0 Å². The minimum absolute atomic E-state index is 0.0993. The summed E-state index contributed by atoms with van der Waals surface area (Å²) in [6, 6.07) is 0. The van der Waals surface area contributed by atoms with Gasteiger partial charge in [0.15, 0.2) is 0 Å². The summed E-state index contributed by atoms with van der Waals surface area (Å²) in [5, 5.41) is 28.7. The molecule has 14 heavy (non-hydrogen) atoms. The zero-order valence-corrected chi connectivity index (χ0v) is 9.75. The van der Waals surface area contributed by atoms with E-state index in [-0.39, 0.29) is 6.61 Å². The summed E-state index contributed by atoms with van der Waals surface area (Å²) in [5.74, 6) is 0. The first-order valence-corrected chi connectivity index (χ1v) is 5.31. The van der Waals surface area contributed by atoms with Crippen LogP contribution in [0, 0.1) is 5.41 Å². The van der Waals surface area contributed by atoms with Gasteiger partial charge in [-0.3, -0.25) is 0 Å². The third-order valence-corrected chi connectivity index (χ3v) is 3.37. The monoisotopic (exact) mass is 204 g/mol. The van der Waals surface area contributed by atoms with Crippen LogP contribution in [0.25, 0.3) is 0 Å². The van der Waals surface area contributed by atoms with Crippen molar-refractivity contribution in [2.45, 2.75) is 58.7 Å². The number of aliphatic hydroxyl groups is 3. The maximum Gasteiger partial charge on any atom is 0.0669 e. The van der Waals surface area contributed by atoms with Crippen LogP contribution in [0.4, 0.5) is 0 Å². The zero-order valence-electron chi connectivity index (χ0n) is 9.75. The maximum atomic E-state index is 10.0. The van der Waals surface area contributed by atoms with Crippen LogP contribution in [-0.4, -0.2) is 33.6 Å². The molecule has 0 aliphatic rings. The summed E-state index contributed by atoms with van der Waals surface area (Å²) < 4.78 is 0. The molecule has 0 radical (unpaired) electrons. The minimum Gasteiger partial charge on any atom is -0.396 e. The van der Waals surface area contributed by atoms with Crippen LogP contribution in [0.2, 0.25) is 0 Å². The molecule has 0 amide bonds. The number of hydrogen-bond acceptors (Lipinski definition) is 3. The normalized spacial score (nSPS) is 19.1. The Kier molecular flexibility index (Phi) is 5.06. The molecule has 0 saturated heterocycles. The molecule has 0 aromatic heterocycles. The van der Waals surface area contributed by atoms with Gasteiger partial charge in [-0.2, -0.15) is 0 Å². The highest BCUT2D eigenvalue weighted by atomic mass is 16.3. The zero-order chi connectivity index (χ0) is 11.4. The van der Waals surface area contributed by atoms with Crippen molar-refractivity contribution in [2.75, 3.05) is 6.61 Å². The van der Waals surface area contributed by atoms with E-state index < -0.39 is 17.1 Å². The third kappa shape index (κ3) is 2.94. The highest BCUT2D eigenvalue weighted by molar-refractivity contribution is 4.94. The Bertz CT molecular complexity index is 162. The van der Waals surface area contributed by atoms with Crippen LogP contribution in [0.15, 0.2) is 0 Å². The van der Waals surface area contributed by atoms with Crippen LogP contribution in [0.3, 0.4) is 0 Å². The van der Waals surface area contributed by atoms with Gasteiger partial charge in [-0.25, -0.2) is 0 Å². The van der Waals surface area contributed by atoms with E-state index in [2.05, 4.69) is 0 Å². The summed E-state index contributed by atoms with van der Waals surface area (Å²) >= 11 is 0. The van der Waals surface area contributed by atoms with Crippen LogP contribution in [0.5, 0.6) is 0 Å². The molecule has 0 spiro atoms. The lowest BCUT2D eigenvalue weighted by Gasteiger charge is -2.44. The molecule has 0 aliphatic heterocycles. The van der Waals surface area contributed by atoms with Gasteiger partial charge in [-0.15, -0.1) is 0 Å². The van der Waals surface area contributed by atoms with Gasteiger partial charge in [-0.1, -0.05) is 13.8 Å². The second kappa shape index (κ2) is 5.10. The quantitative estimate of drug-likeness (QED) is 0.611. The first-order chi connectivity index (χ1) is 6.29. The van der Waals surface area contributed by atoms with E-state index in [4.69, 9.17) is 5.11 Å². The Hall–Kier alpha value is -0.120. The van der Waals surface area contributed by atoms with E-state index >= 15 is 0 Å². The van der Waals surface area contributed by atoms with Gasteiger partial charge in [0.25, 0.3) is 0 Å². The van der Waals surface area contributed by atoms with Crippen molar-refractivity contribution in [3.8, 4) is 0 Å². The second-order valence-electron chi connectivity index (χ2n) is 4.73. The summed E-state index contributed by atoms with van der Waals surface area (Å²) in [5.41, 5.74) is -1.48. The molecular weight excluding hydrogens is 180 g/mol. The fraction of sp³-hybridized carbons (Fsp3) is 1.00. The molecule has 0 saturated carbocycles. The first kappa shape index (κ1) is 13.9. The summed E-state index contributed by atoms with van der Waals surface area (Å²) in [6.07, 6.45) is 1.32. The molecule has 0 aliphatic carbocycles. The van der Waals surface area contributed by atoms with Crippen molar-refractivity contribution in [3.63, 3.8) is 0 Å². The van der Waals surface area contributed by atoms with Crippen LogP contribution >= 0.6 is 0 Å². The van der Waals surface area contributed by atoms with Crippen LogP contribution in [0.1, 0.15) is 47.0 Å². The van der Waals surface area contributed by atoms with Crippen molar-refractivity contribution in [2.24, 2.45) is 5.41 Å². The summed E-state index contributed by atoms with van der Waals surface area (Å²) in [6.45, 7) is 7.29. The average molecular weight is 204 g/mol. The summed E-state index contributed by atoms with van der Waals surface area (Å²) in [7, 11) is 0. The lowest BCUT2D eigenvalue weighted by Crippen LogP contribution is -2.49. The van der Waals surface area contributed by atoms with Gasteiger partial charge in [-0.05, 0) is 33.1 Å². The van der Waals surface area contributed by atoms with Crippen molar-refractivity contribution >= 4 is 0 Å². The van der Waals surface area contributed by atoms with Crippen molar-refractivity contribution in [1.82, 2.24) is 0 Å². The van der Waals surface area contributed by atoms with E-state index in [1.54, 1.807) is 13.8 Å². The molecule has 0 fully saturated rings. The third-order valence-electron chi connectivity index (χ3n) is 3.37. The van der Waals surface area contributed by atoms with Gasteiger partial charge in [0.1, 0.15) is 0 Å². The van der Waals surface area contributed by atoms with Gasteiger partial charge in [0, 0.05) is 12.0 Å². The Morgan fingerprint density at radius 1 is 1.21 bits per heavy atom. The molecule has 3 heteroatoms. The minimum atomic E-state index is -0.933. The largest absolute Gasteiger partial charge is 0.396 e. The van der Waals surface area contributed by atoms with Crippen molar-refractivity contribution < 1.29 is 15.3 Å². The van der Waals surface area contributed by atoms with E-state index in [0.29, 0.717) is 19.3 Å². The molecular formula is C11H24O3. The lowest BCUT2D eigenvalue weighted by atomic mass is 9.67. The topological polar surface area (TPSA) is 60.7 Å². The Morgan fingerprint density at radius 2 is 1.71 bits per heavy atom. The van der Waals surface area contributed by atoms with E-state index in [9.17, 15) is 10.2 Å². The van der Waals surface area contributed by atoms with E-state index in [0.717, 1.165) is 0 Å². The first-order valence-electron chi connectivity index (χ1n) is 5.31. The molecule has 2 unspecified atom stereocenters. The lowest BCUT2D eigenvalue weighted by molar-refractivity contribution is -0.121. The van der Waals surface area contributed by atoms with Crippen LogP contribution < -0.4 is 0 Å². The summed E-state index contributed by atoms with van der Waals surface area (Å²) in [4.78, 5) is 0. The van der Waals surface area contributed by atoms with Gasteiger partial charge >= 0.3 is 0 Å². The molecule has 3 N–H and O–H groups in total. The van der Waals surface area contributed by atoms with Gasteiger partial charge in [0.05, 0.1) is 11.7 Å². The number of rotatable bonds is 6.